The summed E-state index contributed by atoms with van der Waals surface area (Å²) in [6.45, 7) is 0.779. The molecule has 1 aliphatic rings. The number of amides is 1. The molecule has 2 nitrogen and oxygen atoms in total. The minimum Gasteiger partial charge on any atom is -0.341 e. The smallest absolute Gasteiger partial charge is 0.253 e. The summed E-state index contributed by atoms with van der Waals surface area (Å²) in [4.78, 5) is 13.8. The Kier molecular flexibility index (Phi) is 3.26. The van der Waals surface area contributed by atoms with Crippen LogP contribution in [0.5, 0.6) is 0 Å². The van der Waals surface area contributed by atoms with Gasteiger partial charge in [0.05, 0.1) is 0 Å². The first-order valence-corrected chi connectivity index (χ1v) is 6.69. The molecule has 2 aromatic rings. The predicted octanol–water partition coefficient (Wildman–Crippen LogP) is 2.71. The first kappa shape index (κ1) is 12.5. The second-order valence-electron chi connectivity index (χ2n) is 4.96. The summed E-state index contributed by atoms with van der Waals surface area (Å²) in [5.41, 5.74) is 3.88. The van der Waals surface area contributed by atoms with Gasteiger partial charge in [0.25, 0.3) is 5.91 Å². The molecule has 0 radical (unpaired) electrons. The van der Waals surface area contributed by atoms with Gasteiger partial charge in [0, 0.05) is 30.3 Å². The fourth-order valence-electron chi connectivity index (χ4n) is 2.35. The molecule has 0 unspecified atom stereocenters. The minimum absolute atomic E-state index is 0.105. The van der Waals surface area contributed by atoms with E-state index in [0.29, 0.717) is 0 Å². The molecule has 0 N–H and O–H groups in total. The van der Waals surface area contributed by atoms with Crippen molar-refractivity contribution in [1.82, 2.24) is 4.90 Å². The fourth-order valence-corrected chi connectivity index (χ4v) is 2.35. The van der Waals surface area contributed by atoms with E-state index in [1.54, 1.807) is 4.90 Å². The van der Waals surface area contributed by atoms with Crippen LogP contribution < -0.4 is 0 Å². The molecule has 0 spiro atoms. The average Bonchev–Trinajstić information content (AvgIpc) is 2.50. The van der Waals surface area contributed by atoms with E-state index in [1.807, 2.05) is 55.6 Å². The zero-order chi connectivity index (χ0) is 13.9. The molecule has 98 valence electrons. The average molecular weight is 261 g/mol. The lowest BCUT2D eigenvalue weighted by molar-refractivity contribution is 0.0781. The molecule has 20 heavy (non-hydrogen) atoms. The molecular weight excluding hydrogens is 246 g/mol. The Morgan fingerprint density at radius 2 is 1.75 bits per heavy atom. The Morgan fingerprint density at radius 1 is 1.00 bits per heavy atom. The second kappa shape index (κ2) is 5.22. The summed E-state index contributed by atoms with van der Waals surface area (Å²) in [6, 6.07) is 15.8. The highest BCUT2D eigenvalue weighted by Gasteiger charge is 2.20. The number of nitrogens with zero attached hydrogens (tertiary/aromatic N) is 1. The van der Waals surface area contributed by atoms with Crippen molar-refractivity contribution >= 4 is 5.91 Å². The molecule has 1 heterocycles. The Bertz CT molecular complexity index is 707. The quantitative estimate of drug-likeness (QED) is 0.668. The number of rotatable bonds is 0. The lowest BCUT2D eigenvalue weighted by Crippen LogP contribution is -2.34. The van der Waals surface area contributed by atoms with Crippen molar-refractivity contribution in [3.8, 4) is 11.8 Å². The summed E-state index contributed by atoms with van der Waals surface area (Å²) in [5.74, 6) is 6.41. The van der Waals surface area contributed by atoms with Crippen LogP contribution in [-0.4, -0.2) is 24.4 Å². The van der Waals surface area contributed by atoms with Crippen molar-refractivity contribution in [2.45, 2.75) is 6.42 Å². The number of benzene rings is 2. The number of carbonyl (C=O) groups is 1. The highest BCUT2D eigenvalue weighted by Crippen LogP contribution is 2.19. The van der Waals surface area contributed by atoms with E-state index in [4.69, 9.17) is 0 Å². The van der Waals surface area contributed by atoms with Crippen LogP contribution in [0.25, 0.3) is 0 Å². The third-order valence-electron chi connectivity index (χ3n) is 3.52. The third-order valence-corrected chi connectivity index (χ3v) is 3.52. The van der Waals surface area contributed by atoms with Gasteiger partial charge < -0.3 is 4.90 Å². The Balaban J connectivity index is 1.91. The monoisotopic (exact) mass is 261 g/mol. The molecule has 0 aliphatic carbocycles. The minimum atomic E-state index is 0.105. The van der Waals surface area contributed by atoms with Crippen LogP contribution in [0.2, 0.25) is 0 Å². The van der Waals surface area contributed by atoms with Crippen LogP contribution in [0.15, 0.2) is 48.5 Å². The van der Waals surface area contributed by atoms with E-state index in [0.717, 1.165) is 35.2 Å². The Hall–Kier alpha value is -2.53. The largest absolute Gasteiger partial charge is 0.341 e. The van der Waals surface area contributed by atoms with Crippen molar-refractivity contribution in [2.24, 2.45) is 0 Å². The maximum Gasteiger partial charge on any atom is 0.253 e. The number of fused-ring (bicyclic) bond motifs is 1. The normalized spacial score (nSPS) is 13.4. The SMILES string of the molecule is CN1CCc2cc(C#Cc3ccccc3)ccc2C1=O. The molecule has 0 saturated carbocycles. The summed E-state index contributed by atoms with van der Waals surface area (Å²) in [6.07, 6.45) is 0.901. The lowest BCUT2D eigenvalue weighted by Gasteiger charge is -2.24. The number of carbonyl (C=O) groups excluding carboxylic acids is 1. The molecule has 0 fully saturated rings. The van der Waals surface area contributed by atoms with Gasteiger partial charge in [-0.25, -0.2) is 0 Å². The van der Waals surface area contributed by atoms with Gasteiger partial charge in [-0.05, 0) is 42.3 Å². The summed E-state index contributed by atoms with van der Waals surface area (Å²) >= 11 is 0. The third kappa shape index (κ3) is 2.44. The van der Waals surface area contributed by atoms with Gasteiger partial charge in [-0.15, -0.1) is 0 Å². The molecule has 1 aliphatic heterocycles. The molecule has 2 heteroatoms. The van der Waals surface area contributed by atoms with Crippen molar-refractivity contribution in [1.29, 1.82) is 0 Å². The summed E-state index contributed by atoms with van der Waals surface area (Å²) in [7, 11) is 1.84. The van der Waals surface area contributed by atoms with Gasteiger partial charge in [-0.2, -0.15) is 0 Å². The molecule has 2 aromatic carbocycles. The van der Waals surface area contributed by atoms with Crippen LogP contribution >= 0.6 is 0 Å². The van der Waals surface area contributed by atoms with E-state index in [2.05, 4.69) is 11.8 Å². The number of hydrogen-bond acceptors (Lipinski definition) is 1. The van der Waals surface area contributed by atoms with Crippen LogP contribution in [0, 0.1) is 11.8 Å². The molecule has 0 bridgehead atoms. The van der Waals surface area contributed by atoms with E-state index >= 15 is 0 Å². The first-order valence-electron chi connectivity index (χ1n) is 6.69. The van der Waals surface area contributed by atoms with Gasteiger partial charge in [0.1, 0.15) is 0 Å². The molecule has 0 aromatic heterocycles. The van der Waals surface area contributed by atoms with E-state index in [1.165, 1.54) is 0 Å². The van der Waals surface area contributed by atoms with Crippen LogP contribution in [0.4, 0.5) is 0 Å². The van der Waals surface area contributed by atoms with Gasteiger partial charge in [0.15, 0.2) is 0 Å². The summed E-state index contributed by atoms with van der Waals surface area (Å²) < 4.78 is 0. The molecule has 1 amide bonds. The molecule has 3 rings (SSSR count). The maximum atomic E-state index is 12.0. The summed E-state index contributed by atoms with van der Waals surface area (Å²) in [5, 5.41) is 0. The lowest BCUT2D eigenvalue weighted by atomic mass is 9.97. The number of hydrogen-bond donors (Lipinski definition) is 0. The van der Waals surface area contributed by atoms with Gasteiger partial charge in [0.2, 0.25) is 0 Å². The topological polar surface area (TPSA) is 20.3 Å². The first-order chi connectivity index (χ1) is 9.74. The van der Waals surface area contributed by atoms with Gasteiger partial charge in [-0.3, -0.25) is 4.79 Å². The van der Waals surface area contributed by atoms with Crippen molar-refractivity contribution in [3.63, 3.8) is 0 Å². The maximum absolute atomic E-state index is 12.0. The Labute approximate surface area is 119 Å². The molecule has 0 saturated heterocycles. The van der Waals surface area contributed by atoms with E-state index < -0.39 is 0 Å². The van der Waals surface area contributed by atoms with Gasteiger partial charge >= 0.3 is 0 Å². The van der Waals surface area contributed by atoms with E-state index in [-0.39, 0.29) is 5.91 Å². The van der Waals surface area contributed by atoms with Crippen molar-refractivity contribution in [2.75, 3.05) is 13.6 Å². The fraction of sp³-hybridized carbons (Fsp3) is 0.167. The van der Waals surface area contributed by atoms with Crippen molar-refractivity contribution < 1.29 is 4.79 Å². The zero-order valence-corrected chi connectivity index (χ0v) is 11.4. The zero-order valence-electron chi connectivity index (χ0n) is 11.4. The van der Waals surface area contributed by atoms with Crippen LogP contribution in [-0.2, 0) is 6.42 Å². The van der Waals surface area contributed by atoms with Crippen LogP contribution in [0.1, 0.15) is 27.0 Å². The van der Waals surface area contributed by atoms with Crippen LogP contribution in [0.3, 0.4) is 0 Å². The number of likely N-dealkylation sites (N-methyl/N-ethyl adjacent to an activating group) is 1. The highest BCUT2D eigenvalue weighted by molar-refractivity contribution is 5.96. The van der Waals surface area contributed by atoms with Gasteiger partial charge in [-0.1, -0.05) is 30.0 Å². The van der Waals surface area contributed by atoms with Crippen molar-refractivity contribution in [3.05, 3.63) is 70.8 Å². The second-order valence-corrected chi connectivity index (χ2v) is 4.96. The Morgan fingerprint density at radius 3 is 2.55 bits per heavy atom. The highest BCUT2D eigenvalue weighted by atomic mass is 16.2. The predicted molar refractivity (Wildman–Crippen MR) is 79.5 cm³/mol. The molecule has 0 atom stereocenters. The molecular formula is C18H15NO. The standard InChI is InChI=1S/C18H15NO/c1-19-12-11-16-13-15(9-10-17(16)18(19)20)8-7-14-5-3-2-4-6-14/h2-6,9-10,13H,11-12H2,1H3. The van der Waals surface area contributed by atoms with E-state index in [9.17, 15) is 4.79 Å².